The van der Waals surface area contributed by atoms with Crippen molar-refractivity contribution in [2.75, 3.05) is 13.1 Å². The summed E-state index contributed by atoms with van der Waals surface area (Å²) in [6.07, 6.45) is 3.27. The van der Waals surface area contributed by atoms with Crippen molar-refractivity contribution in [1.82, 2.24) is 8.61 Å². The van der Waals surface area contributed by atoms with E-state index in [2.05, 4.69) is 0 Å². The minimum absolute atomic E-state index is 0.0656. The Morgan fingerprint density at radius 3 is 2.29 bits per heavy atom. The third-order valence-corrected chi connectivity index (χ3v) is 7.08. The molecule has 0 saturated carbocycles. The van der Waals surface area contributed by atoms with Gasteiger partial charge in [-0.1, -0.05) is 0 Å². The number of carboxylic acid groups (broad SMARTS) is 1. The molecule has 3 aliphatic rings. The summed E-state index contributed by atoms with van der Waals surface area (Å²) in [4.78, 5) is 11.1. The Morgan fingerprint density at radius 2 is 1.71 bits per heavy atom. The molecule has 8 heteroatoms. The Kier molecular flexibility index (Phi) is 3.98. The lowest BCUT2D eigenvalue weighted by molar-refractivity contribution is -0.142. The van der Waals surface area contributed by atoms with Gasteiger partial charge in [-0.15, -0.1) is 0 Å². The van der Waals surface area contributed by atoms with E-state index in [1.807, 2.05) is 0 Å². The van der Waals surface area contributed by atoms with Crippen LogP contribution in [0.2, 0.25) is 0 Å². The van der Waals surface area contributed by atoms with Gasteiger partial charge >= 0.3 is 5.97 Å². The van der Waals surface area contributed by atoms with Crippen LogP contribution in [0.15, 0.2) is 0 Å². The molecule has 3 atom stereocenters. The van der Waals surface area contributed by atoms with Crippen LogP contribution in [0.5, 0.6) is 0 Å². The molecule has 0 aromatic rings. The topological polar surface area (TPSA) is 98.2 Å². The molecule has 3 aliphatic heterocycles. The molecule has 3 unspecified atom stereocenters. The number of carbonyl (C=O) groups is 1. The second kappa shape index (κ2) is 5.49. The van der Waals surface area contributed by atoms with Crippen molar-refractivity contribution in [1.29, 1.82) is 0 Å². The molecule has 0 spiro atoms. The average molecular weight is 318 g/mol. The molecular formula is C13H22N2O5S. The number of nitrogens with zero attached hydrogens (tertiary/aromatic N) is 2. The molecule has 21 heavy (non-hydrogen) atoms. The minimum atomic E-state index is -3.62. The summed E-state index contributed by atoms with van der Waals surface area (Å²) in [6.45, 7) is 0.459. The van der Waals surface area contributed by atoms with Crippen LogP contribution in [0.1, 0.15) is 38.5 Å². The number of hydrogen-bond acceptors (Lipinski definition) is 4. The number of fused-ring (bicyclic) bond motifs is 2. The van der Waals surface area contributed by atoms with E-state index in [0.717, 1.165) is 12.8 Å². The Hall–Kier alpha value is -0.700. The van der Waals surface area contributed by atoms with Crippen LogP contribution < -0.4 is 0 Å². The van der Waals surface area contributed by atoms with Gasteiger partial charge in [0.1, 0.15) is 0 Å². The van der Waals surface area contributed by atoms with Crippen LogP contribution in [0.25, 0.3) is 0 Å². The molecular weight excluding hydrogens is 296 g/mol. The number of rotatable bonds is 3. The van der Waals surface area contributed by atoms with Crippen molar-refractivity contribution in [2.24, 2.45) is 5.92 Å². The normalized spacial score (nSPS) is 38.5. The Bertz CT molecular complexity index is 509. The molecule has 0 amide bonds. The molecule has 3 rings (SSSR count). The summed E-state index contributed by atoms with van der Waals surface area (Å²) in [6, 6.07) is -0.261. The predicted octanol–water partition coefficient (Wildman–Crippen LogP) is 0.0155. The van der Waals surface area contributed by atoms with Gasteiger partial charge in [-0.2, -0.15) is 17.0 Å². The van der Waals surface area contributed by atoms with Crippen molar-refractivity contribution in [3.63, 3.8) is 0 Å². The van der Waals surface area contributed by atoms with E-state index in [1.165, 1.54) is 4.31 Å². The highest BCUT2D eigenvalue weighted by Crippen LogP contribution is 2.39. The molecule has 120 valence electrons. The van der Waals surface area contributed by atoms with Crippen molar-refractivity contribution in [3.8, 4) is 0 Å². The summed E-state index contributed by atoms with van der Waals surface area (Å²) in [5.41, 5.74) is 0. The maximum atomic E-state index is 12.9. The van der Waals surface area contributed by atoms with Gasteiger partial charge in [0.05, 0.1) is 12.0 Å². The molecule has 2 N–H and O–H groups in total. The average Bonchev–Trinajstić information content (AvgIpc) is 2.72. The fourth-order valence-corrected chi connectivity index (χ4v) is 6.10. The lowest BCUT2D eigenvalue weighted by Crippen LogP contribution is -2.55. The maximum absolute atomic E-state index is 12.9. The number of aliphatic carboxylic acids is 1. The molecule has 3 saturated heterocycles. The van der Waals surface area contributed by atoms with E-state index in [4.69, 9.17) is 5.11 Å². The molecule has 7 nitrogen and oxygen atoms in total. The molecule has 0 aliphatic carbocycles. The first-order valence-electron chi connectivity index (χ1n) is 7.59. The third kappa shape index (κ3) is 2.69. The largest absolute Gasteiger partial charge is 0.481 e. The van der Waals surface area contributed by atoms with Crippen molar-refractivity contribution < 1.29 is 23.4 Å². The molecule has 0 radical (unpaired) electrons. The zero-order chi connectivity index (χ0) is 15.2. The molecule has 2 bridgehead atoms. The fraction of sp³-hybridized carbons (Fsp3) is 0.923. The van der Waals surface area contributed by atoms with Crippen LogP contribution in [0, 0.1) is 5.92 Å². The summed E-state index contributed by atoms with van der Waals surface area (Å²) in [5, 5.41) is 18.9. The zero-order valence-electron chi connectivity index (χ0n) is 11.9. The number of aliphatic hydroxyl groups excluding tert-OH is 1. The first-order chi connectivity index (χ1) is 9.89. The third-order valence-electron chi connectivity index (χ3n) is 4.97. The Labute approximate surface area is 124 Å². The van der Waals surface area contributed by atoms with Crippen LogP contribution in [-0.4, -0.2) is 64.5 Å². The van der Waals surface area contributed by atoms with Gasteiger partial charge in [0.2, 0.25) is 0 Å². The maximum Gasteiger partial charge on any atom is 0.307 e. The molecule has 3 heterocycles. The van der Waals surface area contributed by atoms with Gasteiger partial charge in [0.15, 0.2) is 0 Å². The monoisotopic (exact) mass is 318 g/mol. The Morgan fingerprint density at radius 1 is 1.10 bits per heavy atom. The van der Waals surface area contributed by atoms with Crippen LogP contribution in [-0.2, 0) is 15.0 Å². The first kappa shape index (κ1) is 15.2. The van der Waals surface area contributed by atoms with Gasteiger partial charge in [0, 0.05) is 25.2 Å². The van der Waals surface area contributed by atoms with Gasteiger partial charge in [-0.3, -0.25) is 4.79 Å². The van der Waals surface area contributed by atoms with Gasteiger partial charge in [-0.25, -0.2) is 0 Å². The smallest absolute Gasteiger partial charge is 0.307 e. The first-order valence-corrected chi connectivity index (χ1v) is 8.98. The summed E-state index contributed by atoms with van der Waals surface area (Å²) in [5.74, 6) is -1.53. The van der Waals surface area contributed by atoms with E-state index in [-0.39, 0.29) is 18.6 Å². The van der Waals surface area contributed by atoms with Crippen LogP contribution in [0.4, 0.5) is 0 Å². The summed E-state index contributed by atoms with van der Waals surface area (Å²) in [7, 11) is -3.62. The fourth-order valence-electron chi connectivity index (χ4n) is 3.97. The highest BCUT2D eigenvalue weighted by molar-refractivity contribution is 7.86. The molecule has 3 fully saturated rings. The van der Waals surface area contributed by atoms with Crippen molar-refractivity contribution in [3.05, 3.63) is 0 Å². The zero-order valence-corrected chi connectivity index (χ0v) is 12.7. The lowest BCUT2D eigenvalue weighted by atomic mass is 10.0. The molecule has 0 aromatic heterocycles. The van der Waals surface area contributed by atoms with E-state index < -0.39 is 28.2 Å². The van der Waals surface area contributed by atoms with Gasteiger partial charge in [-0.05, 0) is 38.5 Å². The van der Waals surface area contributed by atoms with Crippen LogP contribution >= 0.6 is 0 Å². The summed E-state index contributed by atoms with van der Waals surface area (Å²) >= 11 is 0. The number of piperidine rings is 2. The standard InChI is InChI=1S/C13H22N2O5S/c16-12-6-10-3-4-11(7-12)15(10)21(19,20)14-5-1-2-9(8-14)13(17)18/h9-12,16H,1-8H2,(H,17,18). The van der Waals surface area contributed by atoms with Gasteiger partial charge in [0.25, 0.3) is 10.2 Å². The predicted molar refractivity (Wildman–Crippen MR) is 74.7 cm³/mol. The Balaban J connectivity index is 1.79. The second-order valence-corrected chi connectivity index (χ2v) is 8.22. The summed E-state index contributed by atoms with van der Waals surface area (Å²) < 4.78 is 28.6. The van der Waals surface area contributed by atoms with E-state index in [1.54, 1.807) is 4.31 Å². The van der Waals surface area contributed by atoms with Crippen LogP contribution in [0.3, 0.4) is 0 Å². The van der Waals surface area contributed by atoms with E-state index in [9.17, 15) is 18.3 Å². The minimum Gasteiger partial charge on any atom is -0.481 e. The molecule has 0 aromatic carbocycles. The van der Waals surface area contributed by atoms with Gasteiger partial charge < -0.3 is 10.2 Å². The quantitative estimate of drug-likeness (QED) is 0.764. The number of hydrogen-bond donors (Lipinski definition) is 2. The van der Waals surface area contributed by atoms with E-state index >= 15 is 0 Å². The highest BCUT2D eigenvalue weighted by atomic mass is 32.2. The number of carboxylic acids is 1. The highest BCUT2D eigenvalue weighted by Gasteiger charge is 2.49. The second-order valence-electron chi connectivity index (χ2n) is 6.38. The SMILES string of the molecule is O=C(O)C1CCCN(S(=O)(=O)N2C3CCC2CC(O)C3)C1. The number of aliphatic hydroxyl groups is 1. The van der Waals surface area contributed by atoms with Crippen molar-refractivity contribution in [2.45, 2.75) is 56.7 Å². The van der Waals surface area contributed by atoms with E-state index in [0.29, 0.717) is 32.2 Å². The van der Waals surface area contributed by atoms with Crippen molar-refractivity contribution >= 4 is 16.2 Å². The lowest BCUT2D eigenvalue weighted by Gasteiger charge is -2.40.